The Kier molecular flexibility index (Phi) is 45.1. The lowest BCUT2D eigenvalue weighted by atomic mass is 10.0. The highest BCUT2D eigenvalue weighted by molar-refractivity contribution is 5.76. The van der Waals surface area contributed by atoms with Gasteiger partial charge in [-0.1, -0.05) is 219 Å². The molecule has 56 heavy (non-hydrogen) atoms. The number of amides is 1. The first-order valence-corrected chi connectivity index (χ1v) is 24.9. The summed E-state index contributed by atoms with van der Waals surface area (Å²) in [6.07, 6.45) is 51.7. The van der Waals surface area contributed by atoms with E-state index in [0.717, 1.165) is 57.8 Å². The van der Waals surface area contributed by atoms with Crippen molar-refractivity contribution >= 4 is 11.9 Å². The van der Waals surface area contributed by atoms with E-state index in [1.807, 2.05) is 0 Å². The molecule has 0 heterocycles. The zero-order valence-corrected chi connectivity index (χ0v) is 37.6. The van der Waals surface area contributed by atoms with Gasteiger partial charge in [0.2, 0.25) is 5.91 Å². The zero-order chi connectivity index (χ0) is 40.8. The van der Waals surface area contributed by atoms with Crippen molar-refractivity contribution < 1.29 is 24.5 Å². The third-order valence-corrected chi connectivity index (χ3v) is 11.6. The van der Waals surface area contributed by atoms with Crippen LogP contribution in [0.4, 0.5) is 0 Å². The van der Waals surface area contributed by atoms with Gasteiger partial charge in [0.1, 0.15) is 0 Å². The van der Waals surface area contributed by atoms with E-state index in [9.17, 15) is 19.8 Å². The summed E-state index contributed by atoms with van der Waals surface area (Å²) in [4.78, 5) is 24.4. The molecule has 2 unspecified atom stereocenters. The Morgan fingerprint density at radius 2 is 0.839 bits per heavy atom. The van der Waals surface area contributed by atoms with Crippen LogP contribution in [0.15, 0.2) is 12.2 Å². The van der Waals surface area contributed by atoms with Crippen molar-refractivity contribution in [2.75, 3.05) is 13.2 Å². The lowest BCUT2D eigenvalue weighted by Gasteiger charge is -2.22. The monoisotopic (exact) mass is 792 g/mol. The van der Waals surface area contributed by atoms with Crippen LogP contribution >= 0.6 is 0 Å². The van der Waals surface area contributed by atoms with Gasteiger partial charge >= 0.3 is 5.97 Å². The van der Waals surface area contributed by atoms with E-state index >= 15 is 0 Å². The molecule has 1 amide bonds. The van der Waals surface area contributed by atoms with E-state index in [-0.39, 0.29) is 18.5 Å². The maximum absolute atomic E-state index is 12.4. The topological polar surface area (TPSA) is 95.9 Å². The zero-order valence-electron chi connectivity index (χ0n) is 37.6. The fraction of sp³-hybridized carbons (Fsp3) is 0.920. The molecule has 0 fully saturated rings. The van der Waals surface area contributed by atoms with E-state index < -0.39 is 12.1 Å². The maximum atomic E-state index is 12.4. The molecular weight excluding hydrogens is 695 g/mol. The lowest BCUT2D eigenvalue weighted by Crippen LogP contribution is -2.45. The van der Waals surface area contributed by atoms with E-state index in [1.165, 1.54) is 180 Å². The number of carbonyl (C=O) groups is 2. The molecule has 0 saturated carbocycles. The smallest absolute Gasteiger partial charge is 0.305 e. The van der Waals surface area contributed by atoms with Crippen LogP contribution in [0.2, 0.25) is 0 Å². The third kappa shape index (κ3) is 42.2. The Morgan fingerprint density at radius 3 is 1.29 bits per heavy atom. The van der Waals surface area contributed by atoms with E-state index in [2.05, 4.69) is 31.3 Å². The summed E-state index contributed by atoms with van der Waals surface area (Å²) < 4.78 is 5.44. The molecule has 0 spiro atoms. The Bertz CT molecular complexity index is 832. The summed E-state index contributed by atoms with van der Waals surface area (Å²) in [5, 5.41) is 23.2. The van der Waals surface area contributed by atoms with E-state index in [1.54, 1.807) is 0 Å². The summed E-state index contributed by atoms with van der Waals surface area (Å²) in [5.74, 6) is -0.0955. The molecule has 6 nitrogen and oxygen atoms in total. The molecular formula is C50H97NO5. The molecule has 0 aromatic heterocycles. The number of unbranched alkanes of at least 4 members (excludes halogenated alkanes) is 33. The van der Waals surface area contributed by atoms with Crippen LogP contribution in [0.5, 0.6) is 0 Å². The highest BCUT2D eigenvalue weighted by atomic mass is 16.5. The molecule has 3 N–H and O–H groups in total. The average molecular weight is 792 g/mol. The highest BCUT2D eigenvalue weighted by Crippen LogP contribution is 2.16. The van der Waals surface area contributed by atoms with E-state index in [4.69, 9.17) is 4.74 Å². The largest absolute Gasteiger partial charge is 0.466 e. The summed E-state index contributed by atoms with van der Waals surface area (Å²) in [6.45, 7) is 4.88. The fourth-order valence-electron chi connectivity index (χ4n) is 7.69. The number of allylic oxidation sites excluding steroid dienone is 2. The molecule has 0 aliphatic heterocycles. The molecule has 0 aromatic rings. The van der Waals surface area contributed by atoms with Gasteiger partial charge in [0.25, 0.3) is 0 Å². The van der Waals surface area contributed by atoms with Crippen molar-refractivity contribution in [3.05, 3.63) is 12.2 Å². The first kappa shape index (κ1) is 54.6. The molecule has 2 atom stereocenters. The van der Waals surface area contributed by atoms with Gasteiger partial charge in [-0.25, -0.2) is 0 Å². The second kappa shape index (κ2) is 46.3. The maximum Gasteiger partial charge on any atom is 0.305 e. The molecule has 0 aliphatic carbocycles. The Hall–Kier alpha value is -1.40. The molecule has 0 rings (SSSR count). The number of aliphatic hydroxyl groups is 2. The lowest BCUT2D eigenvalue weighted by molar-refractivity contribution is -0.143. The van der Waals surface area contributed by atoms with Gasteiger partial charge in [-0.05, 0) is 51.4 Å². The van der Waals surface area contributed by atoms with Gasteiger partial charge in [-0.3, -0.25) is 9.59 Å². The quantitative estimate of drug-likeness (QED) is 0.0324. The van der Waals surface area contributed by atoms with Crippen molar-refractivity contribution in [1.82, 2.24) is 5.32 Å². The predicted octanol–water partition coefficient (Wildman–Crippen LogP) is 14.6. The standard InChI is InChI=1S/C50H97NO5/c1-3-5-7-9-11-13-15-17-18-19-20-22-23-26-30-34-38-42-48(53)47(46-52)51-49(54)43-39-35-31-27-25-29-33-37-41-45-56-50(55)44-40-36-32-28-24-21-16-14-12-10-8-6-4-2/h14,16,47-48,52-53H,3-13,15,17-46H2,1-2H3,(H,51,54)/b16-14-. The first-order valence-electron chi connectivity index (χ1n) is 24.9. The number of rotatable bonds is 46. The normalized spacial score (nSPS) is 12.7. The van der Waals surface area contributed by atoms with Crippen molar-refractivity contribution in [2.45, 2.75) is 283 Å². The molecule has 6 heteroatoms. The minimum atomic E-state index is -0.681. The second-order valence-electron chi connectivity index (χ2n) is 17.1. The Balaban J connectivity index is 3.50. The molecule has 0 aromatic carbocycles. The minimum Gasteiger partial charge on any atom is -0.466 e. The molecule has 0 radical (unpaired) electrons. The van der Waals surface area contributed by atoms with Crippen LogP contribution in [0.1, 0.15) is 271 Å². The first-order chi connectivity index (χ1) is 27.5. The molecule has 0 bridgehead atoms. The number of hydrogen-bond acceptors (Lipinski definition) is 5. The fourth-order valence-corrected chi connectivity index (χ4v) is 7.69. The van der Waals surface area contributed by atoms with Gasteiger partial charge in [0.15, 0.2) is 0 Å². The van der Waals surface area contributed by atoms with Gasteiger partial charge in [-0.15, -0.1) is 0 Å². The minimum absolute atomic E-state index is 0.0338. The summed E-state index contributed by atoms with van der Waals surface area (Å²) in [7, 11) is 0. The summed E-state index contributed by atoms with van der Waals surface area (Å²) in [5.41, 5.74) is 0. The Morgan fingerprint density at radius 1 is 0.482 bits per heavy atom. The van der Waals surface area contributed by atoms with Crippen LogP contribution in [0.3, 0.4) is 0 Å². The van der Waals surface area contributed by atoms with Crippen LogP contribution in [0.25, 0.3) is 0 Å². The van der Waals surface area contributed by atoms with Gasteiger partial charge < -0.3 is 20.3 Å². The SMILES string of the molecule is CCCCCC/C=C\CCCCCCCC(=O)OCCCCCCCCCCCC(=O)NC(CO)C(O)CCCCCCCCCCCCCCCCCCC. The van der Waals surface area contributed by atoms with Crippen LogP contribution in [-0.2, 0) is 14.3 Å². The summed E-state index contributed by atoms with van der Waals surface area (Å²) >= 11 is 0. The van der Waals surface area contributed by atoms with Crippen molar-refractivity contribution in [2.24, 2.45) is 0 Å². The molecule has 332 valence electrons. The van der Waals surface area contributed by atoms with Crippen molar-refractivity contribution in [3.63, 3.8) is 0 Å². The number of nitrogens with one attached hydrogen (secondary N) is 1. The molecule has 0 saturated heterocycles. The van der Waals surface area contributed by atoms with E-state index in [0.29, 0.717) is 25.9 Å². The number of esters is 1. The van der Waals surface area contributed by atoms with Gasteiger partial charge in [0.05, 0.1) is 25.4 Å². The van der Waals surface area contributed by atoms with Gasteiger partial charge in [-0.2, -0.15) is 0 Å². The summed E-state index contributed by atoms with van der Waals surface area (Å²) in [6, 6.07) is -0.561. The second-order valence-corrected chi connectivity index (χ2v) is 17.1. The van der Waals surface area contributed by atoms with Crippen molar-refractivity contribution in [3.8, 4) is 0 Å². The van der Waals surface area contributed by atoms with Crippen LogP contribution in [0, 0.1) is 0 Å². The number of hydrogen-bond donors (Lipinski definition) is 3. The number of ether oxygens (including phenoxy) is 1. The highest BCUT2D eigenvalue weighted by Gasteiger charge is 2.20. The third-order valence-electron chi connectivity index (χ3n) is 11.6. The van der Waals surface area contributed by atoms with Crippen molar-refractivity contribution in [1.29, 1.82) is 0 Å². The molecule has 0 aliphatic rings. The number of aliphatic hydroxyl groups excluding tert-OH is 2. The average Bonchev–Trinajstić information content (AvgIpc) is 3.20. The number of carbonyl (C=O) groups excluding carboxylic acids is 2. The van der Waals surface area contributed by atoms with Crippen LogP contribution in [-0.4, -0.2) is 47.4 Å². The van der Waals surface area contributed by atoms with Crippen LogP contribution < -0.4 is 5.32 Å². The van der Waals surface area contributed by atoms with Gasteiger partial charge in [0, 0.05) is 12.8 Å². The Labute approximate surface area is 349 Å². The predicted molar refractivity (Wildman–Crippen MR) is 241 cm³/mol.